The SMILES string of the molecule is COc1cc(NCc2nn(C)cc2C)cc(-n2cccn2)c1. The highest BCUT2D eigenvalue weighted by atomic mass is 16.5. The molecule has 114 valence electrons. The Kier molecular flexibility index (Phi) is 3.82. The number of hydrogen-bond acceptors (Lipinski definition) is 4. The Bertz CT molecular complexity index is 761. The molecule has 6 nitrogen and oxygen atoms in total. The van der Waals surface area contributed by atoms with E-state index in [-0.39, 0.29) is 0 Å². The number of ether oxygens (including phenoxy) is 1. The first-order valence-corrected chi connectivity index (χ1v) is 7.08. The third-order valence-corrected chi connectivity index (χ3v) is 3.47. The van der Waals surface area contributed by atoms with E-state index in [1.54, 1.807) is 18.0 Å². The zero-order valence-corrected chi connectivity index (χ0v) is 12.9. The molecule has 0 fully saturated rings. The highest BCUT2D eigenvalue weighted by Gasteiger charge is 2.06. The van der Waals surface area contributed by atoms with E-state index in [4.69, 9.17) is 4.74 Å². The Labute approximate surface area is 129 Å². The maximum atomic E-state index is 5.37. The number of benzene rings is 1. The molecular formula is C16H19N5O. The number of hydrogen-bond donors (Lipinski definition) is 1. The summed E-state index contributed by atoms with van der Waals surface area (Å²) in [5, 5.41) is 12.1. The van der Waals surface area contributed by atoms with Gasteiger partial charge in [-0.1, -0.05) is 0 Å². The van der Waals surface area contributed by atoms with Gasteiger partial charge in [-0.15, -0.1) is 0 Å². The predicted molar refractivity (Wildman–Crippen MR) is 85.4 cm³/mol. The van der Waals surface area contributed by atoms with Crippen LogP contribution in [0.2, 0.25) is 0 Å². The molecule has 0 aliphatic heterocycles. The molecule has 1 N–H and O–H groups in total. The lowest BCUT2D eigenvalue weighted by atomic mass is 10.2. The van der Waals surface area contributed by atoms with Crippen molar-refractivity contribution in [3.8, 4) is 11.4 Å². The van der Waals surface area contributed by atoms with E-state index in [0.717, 1.165) is 22.8 Å². The number of methoxy groups -OCH3 is 1. The number of nitrogens with zero attached hydrogens (tertiary/aromatic N) is 4. The highest BCUT2D eigenvalue weighted by molar-refractivity contribution is 5.56. The second-order valence-corrected chi connectivity index (χ2v) is 5.16. The van der Waals surface area contributed by atoms with Crippen molar-refractivity contribution in [2.45, 2.75) is 13.5 Å². The first kappa shape index (κ1) is 14.2. The van der Waals surface area contributed by atoms with Crippen LogP contribution in [-0.2, 0) is 13.6 Å². The second kappa shape index (κ2) is 5.93. The van der Waals surface area contributed by atoms with Gasteiger partial charge in [-0.2, -0.15) is 10.2 Å². The molecule has 0 radical (unpaired) electrons. The first-order valence-electron chi connectivity index (χ1n) is 7.08. The fourth-order valence-electron chi connectivity index (χ4n) is 2.37. The van der Waals surface area contributed by atoms with Crippen molar-refractivity contribution in [2.75, 3.05) is 12.4 Å². The zero-order chi connectivity index (χ0) is 15.5. The van der Waals surface area contributed by atoms with Crippen LogP contribution in [-0.4, -0.2) is 26.7 Å². The summed E-state index contributed by atoms with van der Waals surface area (Å²) in [5.41, 5.74) is 4.12. The summed E-state index contributed by atoms with van der Waals surface area (Å²) in [7, 11) is 3.59. The number of nitrogens with one attached hydrogen (secondary N) is 1. The molecule has 2 aromatic heterocycles. The van der Waals surface area contributed by atoms with E-state index >= 15 is 0 Å². The molecule has 6 heteroatoms. The monoisotopic (exact) mass is 297 g/mol. The van der Waals surface area contributed by atoms with Crippen molar-refractivity contribution in [3.05, 3.63) is 54.1 Å². The molecular weight excluding hydrogens is 278 g/mol. The molecule has 0 aliphatic carbocycles. The van der Waals surface area contributed by atoms with Crippen LogP contribution in [0.1, 0.15) is 11.3 Å². The van der Waals surface area contributed by atoms with Crippen molar-refractivity contribution < 1.29 is 4.74 Å². The van der Waals surface area contributed by atoms with Crippen LogP contribution >= 0.6 is 0 Å². The van der Waals surface area contributed by atoms with E-state index in [9.17, 15) is 0 Å². The Morgan fingerprint density at radius 3 is 2.77 bits per heavy atom. The van der Waals surface area contributed by atoms with Crippen LogP contribution in [0.15, 0.2) is 42.9 Å². The second-order valence-electron chi connectivity index (χ2n) is 5.16. The molecule has 0 atom stereocenters. The van der Waals surface area contributed by atoms with Crippen molar-refractivity contribution >= 4 is 5.69 Å². The van der Waals surface area contributed by atoms with Gasteiger partial charge in [0, 0.05) is 43.5 Å². The average Bonchev–Trinajstić information content (AvgIpc) is 3.14. The molecule has 0 aliphatic rings. The third kappa shape index (κ3) is 2.95. The summed E-state index contributed by atoms with van der Waals surface area (Å²) < 4.78 is 9.00. The van der Waals surface area contributed by atoms with Gasteiger partial charge in [-0.3, -0.25) is 4.68 Å². The molecule has 2 heterocycles. The van der Waals surface area contributed by atoms with E-state index < -0.39 is 0 Å². The maximum absolute atomic E-state index is 5.37. The average molecular weight is 297 g/mol. The Balaban J connectivity index is 1.84. The predicted octanol–water partition coefficient (Wildman–Crippen LogP) is 2.53. The molecule has 3 rings (SSSR count). The van der Waals surface area contributed by atoms with Crippen LogP contribution in [0.3, 0.4) is 0 Å². The van der Waals surface area contributed by atoms with Gasteiger partial charge in [-0.05, 0) is 24.6 Å². The van der Waals surface area contributed by atoms with E-state index in [0.29, 0.717) is 6.54 Å². The van der Waals surface area contributed by atoms with Gasteiger partial charge < -0.3 is 10.1 Å². The van der Waals surface area contributed by atoms with Crippen LogP contribution in [0.4, 0.5) is 5.69 Å². The lowest BCUT2D eigenvalue weighted by molar-refractivity contribution is 0.414. The zero-order valence-electron chi connectivity index (χ0n) is 12.9. The summed E-state index contributed by atoms with van der Waals surface area (Å²) in [6, 6.07) is 7.84. The summed E-state index contributed by atoms with van der Waals surface area (Å²) in [5.74, 6) is 0.785. The van der Waals surface area contributed by atoms with Gasteiger partial charge in [0.25, 0.3) is 0 Å². The van der Waals surface area contributed by atoms with Crippen molar-refractivity contribution in [1.29, 1.82) is 0 Å². The minimum Gasteiger partial charge on any atom is -0.497 e. The van der Waals surface area contributed by atoms with Crippen LogP contribution in [0.25, 0.3) is 5.69 Å². The largest absolute Gasteiger partial charge is 0.497 e. The van der Waals surface area contributed by atoms with Crippen LogP contribution < -0.4 is 10.1 Å². The summed E-state index contributed by atoms with van der Waals surface area (Å²) in [4.78, 5) is 0. The van der Waals surface area contributed by atoms with Crippen molar-refractivity contribution in [2.24, 2.45) is 7.05 Å². The van der Waals surface area contributed by atoms with Crippen LogP contribution in [0, 0.1) is 6.92 Å². The number of aryl methyl sites for hydroxylation is 2. The first-order chi connectivity index (χ1) is 10.7. The lowest BCUT2D eigenvalue weighted by Gasteiger charge is -2.11. The minimum atomic E-state index is 0.665. The van der Waals surface area contributed by atoms with Gasteiger partial charge in [0.2, 0.25) is 0 Å². The van der Waals surface area contributed by atoms with Gasteiger partial charge >= 0.3 is 0 Å². The molecule has 22 heavy (non-hydrogen) atoms. The number of aromatic nitrogens is 4. The van der Waals surface area contributed by atoms with Crippen molar-refractivity contribution in [1.82, 2.24) is 19.6 Å². The molecule has 0 saturated carbocycles. The minimum absolute atomic E-state index is 0.665. The van der Waals surface area contributed by atoms with Gasteiger partial charge in [0.05, 0.1) is 25.0 Å². The molecule has 1 aromatic carbocycles. The Hall–Kier alpha value is -2.76. The summed E-state index contributed by atoms with van der Waals surface area (Å²) in [6.07, 6.45) is 5.67. The Morgan fingerprint density at radius 2 is 2.14 bits per heavy atom. The summed E-state index contributed by atoms with van der Waals surface area (Å²) >= 11 is 0. The standard InChI is InChI=1S/C16H19N5O/c1-12-11-20(2)19-16(12)10-17-13-7-14(9-15(8-13)22-3)21-6-4-5-18-21/h4-9,11,17H,10H2,1-3H3. The van der Waals surface area contributed by atoms with Gasteiger partial charge in [-0.25, -0.2) is 4.68 Å². The smallest absolute Gasteiger partial charge is 0.123 e. The third-order valence-electron chi connectivity index (χ3n) is 3.47. The van der Waals surface area contributed by atoms with Gasteiger partial charge in [0.15, 0.2) is 0 Å². The number of rotatable bonds is 5. The van der Waals surface area contributed by atoms with Crippen LogP contribution in [0.5, 0.6) is 5.75 Å². The van der Waals surface area contributed by atoms with Crippen molar-refractivity contribution in [3.63, 3.8) is 0 Å². The topological polar surface area (TPSA) is 56.9 Å². The molecule has 3 aromatic rings. The van der Waals surface area contributed by atoms with Gasteiger partial charge in [0.1, 0.15) is 5.75 Å². The van der Waals surface area contributed by atoms with E-state index in [2.05, 4.69) is 22.4 Å². The maximum Gasteiger partial charge on any atom is 0.123 e. The Morgan fingerprint density at radius 1 is 1.27 bits per heavy atom. The fraction of sp³-hybridized carbons (Fsp3) is 0.250. The fourth-order valence-corrected chi connectivity index (χ4v) is 2.37. The molecule has 0 amide bonds. The molecule has 0 saturated heterocycles. The highest BCUT2D eigenvalue weighted by Crippen LogP contribution is 2.23. The molecule has 0 bridgehead atoms. The quantitative estimate of drug-likeness (QED) is 0.786. The normalized spacial score (nSPS) is 10.7. The van der Waals surface area contributed by atoms with E-state index in [1.165, 1.54) is 5.56 Å². The molecule has 0 spiro atoms. The van der Waals surface area contributed by atoms with E-state index in [1.807, 2.05) is 48.4 Å². The lowest BCUT2D eigenvalue weighted by Crippen LogP contribution is -2.04. The molecule has 0 unspecified atom stereocenters. The number of anilines is 1. The summed E-state index contributed by atoms with van der Waals surface area (Å²) in [6.45, 7) is 2.73.